The van der Waals surface area contributed by atoms with Gasteiger partial charge in [-0.1, -0.05) is 39.8 Å². The molecule has 0 saturated heterocycles. The predicted octanol–water partition coefficient (Wildman–Crippen LogP) is 5.14. The molecule has 6 nitrogen and oxygen atoms in total. The first-order valence-corrected chi connectivity index (χ1v) is 14.5. The first kappa shape index (κ1) is 29.5. The van der Waals surface area contributed by atoms with Crippen molar-refractivity contribution >= 4 is 11.8 Å². The number of rotatable bonds is 4. The molecule has 0 aromatic rings. The fourth-order valence-electron chi connectivity index (χ4n) is 9.62. The Morgan fingerprint density at radius 3 is 2.26 bits per heavy atom. The molecule has 214 valence electrons. The number of ether oxygens (including phenoxy) is 1. The van der Waals surface area contributed by atoms with Crippen molar-refractivity contribution in [1.29, 1.82) is 0 Å². The van der Waals surface area contributed by atoms with Crippen LogP contribution in [0.4, 0.5) is 0 Å². The lowest BCUT2D eigenvalue weighted by Crippen LogP contribution is -2.58. The second-order valence-corrected chi connectivity index (χ2v) is 14.8. The van der Waals surface area contributed by atoms with Gasteiger partial charge in [0.1, 0.15) is 6.10 Å². The van der Waals surface area contributed by atoms with Gasteiger partial charge in [0.15, 0.2) is 5.78 Å². The monoisotopic (exact) mass is 530 g/mol. The van der Waals surface area contributed by atoms with E-state index in [4.69, 9.17) is 4.74 Å². The molecule has 0 bridgehead atoms. The molecular formula is C32H50O6. The van der Waals surface area contributed by atoms with Gasteiger partial charge in [-0.2, -0.15) is 0 Å². The summed E-state index contributed by atoms with van der Waals surface area (Å²) in [5.41, 5.74) is -1.02. The Morgan fingerprint density at radius 1 is 1.05 bits per heavy atom. The van der Waals surface area contributed by atoms with E-state index in [9.17, 15) is 24.9 Å². The zero-order valence-corrected chi connectivity index (χ0v) is 24.9. The van der Waals surface area contributed by atoms with Crippen LogP contribution < -0.4 is 0 Å². The first-order chi connectivity index (χ1) is 17.3. The summed E-state index contributed by atoms with van der Waals surface area (Å²) in [6, 6.07) is 0. The average molecular weight is 531 g/mol. The number of Topliss-reactive ketones (excluding diaryl/α,β-unsaturated/α-hetero) is 1. The van der Waals surface area contributed by atoms with E-state index in [1.807, 2.05) is 19.1 Å². The molecule has 0 amide bonds. The molecule has 4 aliphatic carbocycles. The van der Waals surface area contributed by atoms with E-state index in [1.54, 1.807) is 20.8 Å². The molecule has 0 spiro atoms. The first-order valence-electron chi connectivity index (χ1n) is 14.5. The number of ketones is 1. The standard InChI is InChI=1S/C32H50O6/c1-18(10-11-20-21(29(5,6)36)16-25(35)32(20,9)37)27-22(34)17-24-30(7)15-13-26(38-19(2)33)28(3,4)23(30)12-14-31(24,27)8/h10-11,20-21,23-26,35-37H,12-17H2,1-9H3/t20-,21+,23-,24-,25+,26-,30-,31-,32+/m0/s1. The van der Waals surface area contributed by atoms with Crippen LogP contribution in [0.25, 0.3) is 0 Å². The molecule has 0 unspecified atom stereocenters. The lowest BCUT2D eigenvalue weighted by Gasteiger charge is -2.62. The van der Waals surface area contributed by atoms with Crippen LogP contribution in [0.1, 0.15) is 101 Å². The molecule has 0 aromatic carbocycles. The van der Waals surface area contributed by atoms with Crippen molar-refractivity contribution in [3.05, 3.63) is 23.3 Å². The number of fused-ring (bicyclic) bond motifs is 3. The maximum atomic E-state index is 13.7. The van der Waals surface area contributed by atoms with Gasteiger partial charge in [-0.25, -0.2) is 0 Å². The molecule has 6 heteroatoms. The molecular weight excluding hydrogens is 480 g/mol. The number of carbonyl (C=O) groups is 2. The smallest absolute Gasteiger partial charge is 0.302 e. The molecule has 38 heavy (non-hydrogen) atoms. The molecule has 0 aliphatic heterocycles. The summed E-state index contributed by atoms with van der Waals surface area (Å²) < 4.78 is 5.77. The normalized spacial score (nSPS) is 46.2. The zero-order valence-electron chi connectivity index (χ0n) is 24.9. The fraction of sp³-hybridized carbons (Fsp3) is 0.812. The molecule has 4 saturated carbocycles. The van der Waals surface area contributed by atoms with Gasteiger partial charge in [-0.05, 0) is 88.5 Å². The van der Waals surface area contributed by atoms with Crippen molar-refractivity contribution in [1.82, 2.24) is 0 Å². The van der Waals surface area contributed by atoms with Crippen molar-refractivity contribution in [2.75, 3.05) is 0 Å². The Labute approximate surface area is 228 Å². The molecule has 4 rings (SSSR count). The van der Waals surface area contributed by atoms with Gasteiger partial charge in [0.05, 0.1) is 17.3 Å². The van der Waals surface area contributed by atoms with Crippen molar-refractivity contribution in [3.8, 4) is 0 Å². The van der Waals surface area contributed by atoms with E-state index in [0.717, 1.165) is 36.8 Å². The third-order valence-corrected chi connectivity index (χ3v) is 11.6. The highest BCUT2D eigenvalue weighted by molar-refractivity contribution is 6.00. The fourth-order valence-corrected chi connectivity index (χ4v) is 9.62. The topological polar surface area (TPSA) is 104 Å². The quantitative estimate of drug-likeness (QED) is 0.343. The van der Waals surface area contributed by atoms with E-state index in [2.05, 4.69) is 27.7 Å². The van der Waals surface area contributed by atoms with Crippen LogP contribution in [0, 0.1) is 39.9 Å². The minimum Gasteiger partial charge on any atom is -0.462 e. The molecule has 4 fully saturated rings. The molecule has 0 heterocycles. The van der Waals surface area contributed by atoms with Crippen molar-refractivity contribution in [2.45, 2.75) is 124 Å². The van der Waals surface area contributed by atoms with Gasteiger partial charge in [-0.15, -0.1) is 0 Å². The maximum absolute atomic E-state index is 13.7. The Morgan fingerprint density at radius 2 is 1.68 bits per heavy atom. The highest BCUT2D eigenvalue weighted by Crippen LogP contribution is 2.69. The SMILES string of the molecule is CC(=O)O[C@H]1CC[C@@]2(C)[C@@H](CC[C@]3(C)C(=C(C)C=C[C@H]4[C@H](C(C)(C)O)C[C@@H](O)[C@]4(C)O)C(=O)C[C@@H]23)C1(C)C. The van der Waals surface area contributed by atoms with Crippen molar-refractivity contribution in [2.24, 2.45) is 39.9 Å². The Balaban J connectivity index is 1.67. The average Bonchev–Trinajstić information content (AvgIpc) is 3.17. The number of allylic oxidation sites excluding steroid dienone is 3. The third-order valence-electron chi connectivity index (χ3n) is 11.6. The van der Waals surface area contributed by atoms with E-state index >= 15 is 0 Å². The minimum absolute atomic E-state index is 0.0280. The number of hydrogen-bond acceptors (Lipinski definition) is 6. The van der Waals surface area contributed by atoms with Gasteiger partial charge in [-0.3, -0.25) is 9.59 Å². The van der Waals surface area contributed by atoms with Crippen LogP contribution in [0.3, 0.4) is 0 Å². The lowest BCUT2D eigenvalue weighted by molar-refractivity contribution is -0.185. The van der Waals surface area contributed by atoms with Crippen LogP contribution in [-0.4, -0.2) is 50.5 Å². The predicted molar refractivity (Wildman–Crippen MR) is 147 cm³/mol. The Bertz CT molecular complexity index is 1040. The van der Waals surface area contributed by atoms with Crippen molar-refractivity contribution in [3.63, 3.8) is 0 Å². The van der Waals surface area contributed by atoms with Gasteiger partial charge >= 0.3 is 5.97 Å². The highest BCUT2D eigenvalue weighted by Gasteiger charge is 2.65. The highest BCUT2D eigenvalue weighted by atomic mass is 16.5. The number of carbonyl (C=O) groups excluding carboxylic acids is 2. The summed E-state index contributed by atoms with van der Waals surface area (Å²) >= 11 is 0. The number of aliphatic hydroxyl groups is 3. The largest absolute Gasteiger partial charge is 0.462 e. The van der Waals surface area contributed by atoms with Crippen LogP contribution in [0.2, 0.25) is 0 Å². The number of esters is 1. The Hall–Kier alpha value is -1.50. The molecule has 0 aromatic heterocycles. The van der Waals surface area contributed by atoms with Crippen LogP contribution >= 0.6 is 0 Å². The number of hydrogen-bond donors (Lipinski definition) is 3. The van der Waals surface area contributed by atoms with Gasteiger partial charge in [0.25, 0.3) is 0 Å². The summed E-state index contributed by atoms with van der Waals surface area (Å²) in [4.78, 5) is 25.5. The third kappa shape index (κ3) is 4.43. The summed E-state index contributed by atoms with van der Waals surface area (Å²) in [7, 11) is 0. The van der Waals surface area contributed by atoms with Gasteiger partial charge in [0, 0.05) is 35.7 Å². The number of aliphatic hydroxyl groups excluding tert-OH is 1. The van der Waals surface area contributed by atoms with Gasteiger partial charge < -0.3 is 20.1 Å². The molecule has 4 aliphatic rings. The lowest BCUT2D eigenvalue weighted by atomic mass is 9.43. The molecule has 3 N–H and O–H groups in total. The van der Waals surface area contributed by atoms with Crippen LogP contribution in [0.15, 0.2) is 23.3 Å². The second kappa shape index (κ2) is 9.27. The van der Waals surface area contributed by atoms with Crippen LogP contribution in [0.5, 0.6) is 0 Å². The summed E-state index contributed by atoms with van der Waals surface area (Å²) in [5.74, 6) is -0.170. The van der Waals surface area contributed by atoms with Crippen molar-refractivity contribution < 1.29 is 29.6 Å². The summed E-state index contributed by atoms with van der Waals surface area (Å²) in [5, 5.41) is 32.4. The van der Waals surface area contributed by atoms with E-state index in [1.165, 1.54) is 6.92 Å². The maximum Gasteiger partial charge on any atom is 0.302 e. The minimum atomic E-state index is -1.35. The van der Waals surface area contributed by atoms with E-state index in [0.29, 0.717) is 18.8 Å². The molecule has 9 atom stereocenters. The summed E-state index contributed by atoms with van der Waals surface area (Å²) in [6.45, 7) is 17.6. The van der Waals surface area contributed by atoms with E-state index in [-0.39, 0.29) is 45.9 Å². The van der Waals surface area contributed by atoms with Crippen LogP contribution in [-0.2, 0) is 14.3 Å². The Kier molecular flexibility index (Phi) is 7.19. The van der Waals surface area contributed by atoms with Gasteiger partial charge in [0.2, 0.25) is 0 Å². The second-order valence-electron chi connectivity index (χ2n) is 14.8. The summed E-state index contributed by atoms with van der Waals surface area (Å²) in [6.07, 6.45) is 7.33. The molecule has 0 radical (unpaired) electrons. The van der Waals surface area contributed by atoms with E-state index < -0.39 is 23.2 Å². The zero-order chi connectivity index (χ0) is 28.6.